The maximum atomic E-state index is 9.57. The van der Waals surface area contributed by atoms with Gasteiger partial charge in [0.1, 0.15) is 5.75 Å². The van der Waals surface area contributed by atoms with Crippen LogP contribution < -0.4 is 4.74 Å². The molecule has 84 valence electrons. The van der Waals surface area contributed by atoms with Gasteiger partial charge in [-0.15, -0.1) is 0 Å². The Bertz CT molecular complexity index is 316. The summed E-state index contributed by atoms with van der Waals surface area (Å²) in [7, 11) is 0. The fraction of sp³-hybridized carbons (Fsp3) is 0.538. The Labute approximate surface area is 91.9 Å². The summed E-state index contributed by atoms with van der Waals surface area (Å²) in [5.41, 5.74) is 2.15. The van der Waals surface area contributed by atoms with Crippen LogP contribution >= 0.6 is 0 Å². The molecule has 0 aliphatic carbocycles. The minimum absolute atomic E-state index is 0.187. The van der Waals surface area contributed by atoms with Crippen molar-refractivity contribution >= 4 is 0 Å². The third kappa shape index (κ3) is 3.24. The fourth-order valence-electron chi connectivity index (χ4n) is 1.64. The lowest BCUT2D eigenvalue weighted by Crippen LogP contribution is -2.06. The summed E-state index contributed by atoms with van der Waals surface area (Å²) in [6.07, 6.45) is 0.690. The molecule has 0 fully saturated rings. The molecule has 0 aliphatic heterocycles. The van der Waals surface area contributed by atoms with Gasteiger partial charge in [-0.1, -0.05) is 13.0 Å². The van der Waals surface area contributed by atoms with E-state index >= 15 is 0 Å². The molecule has 2 heteroatoms. The lowest BCUT2D eigenvalue weighted by molar-refractivity contribution is 0.197. The second-order valence-corrected chi connectivity index (χ2v) is 4.06. The summed E-state index contributed by atoms with van der Waals surface area (Å²) >= 11 is 0. The van der Waals surface area contributed by atoms with Gasteiger partial charge in [-0.3, -0.25) is 0 Å². The van der Waals surface area contributed by atoms with E-state index in [0.717, 1.165) is 23.3 Å². The van der Waals surface area contributed by atoms with Gasteiger partial charge in [0.05, 0.1) is 12.2 Å². The number of benzene rings is 1. The van der Waals surface area contributed by atoms with Gasteiger partial charge in [0.25, 0.3) is 0 Å². The zero-order valence-corrected chi connectivity index (χ0v) is 9.95. The van der Waals surface area contributed by atoms with Gasteiger partial charge in [0, 0.05) is 0 Å². The number of hydrogen-bond donors (Lipinski definition) is 1. The number of hydrogen-bond acceptors (Lipinski definition) is 2. The third-order valence-corrected chi connectivity index (χ3v) is 2.32. The molecule has 0 heterocycles. The largest absolute Gasteiger partial charge is 0.491 e. The monoisotopic (exact) mass is 208 g/mol. The number of aryl methyl sites for hydroxylation is 1. The maximum Gasteiger partial charge on any atom is 0.119 e. The van der Waals surface area contributed by atoms with E-state index < -0.39 is 6.10 Å². The van der Waals surface area contributed by atoms with E-state index in [4.69, 9.17) is 4.74 Å². The Morgan fingerprint density at radius 1 is 1.27 bits per heavy atom. The summed E-state index contributed by atoms with van der Waals surface area (Å²) in [4.78, 5) is 0. The number of ether oxygens (including phenoxy) is 1. The molecule has 1 rings (SSSR count). The predicted molar refractivity (Wildman–Crippen MR) is 62.2 cm³/mol. The standard InChI is InChI=1S/C13H20O2/c1-5-11-8-12(15-9(2)3)6-7-13(11)10(4)14/h6-10,14H,5H2,1-4H3. The van der Waals surface area contributed by atoms with Crippen molar-refractivity contribution in [3.63, 3.8) is 0 Å². The zero-order valence-electron chi connectivity index (χ0n) is 9.95. The minimum atomic E-state index is -0.409. The van der Waals surface area contributed by atoms with Crippen LogP contribution in [0.2, 0.25) is 0 Å². The molecule has 0 bridgehead atoms. The molecule has 0 aliphatic rings. The number of aliphatic hydroxyl groups excluding tert-OH is 1. The highest BCUT2D eigenvalue weighted by atomic mass is 16.5. The number of rotatable bonds is 4. The molecule has 1 atom stereocenters. The Morgan fingerprint density at radius 2 is 1.93 bits per heavy atom. The Hall–Kier alpha value is -1.02. The normalized spacial score (nSPS) is 12.9. The summed E-state index contributed by atoms with van der Waals surface area (Å²) in [5, 5.41) is 9.57. The zero-order chi connectivity index (χ0) is 11.4. The molecule has 1 aromatic carbocycles. The first-order valence-electron chi connectivity index (χ1n) is 5.52. The topological polar surface area (TPSA) is 29.5 Å². The van der Waals surface area contributed by atoms with E-state index in [1.54, 1.807) is 6.92 Å². The lowest BCUT2D eigenvalue weighted by Gasteiger charge is -2.15. The quantitative estimate of drug-likeness (QED) is 0.824. The molecule has 0 amide bonds. The lowest BCUT2D eigenvalue weighted by atomic mass is 10.0. The average Bonchev–Trinajstić information content (AvgIpc) is 2.16. The molecular weight excluding hydrogens is 188 g/mol. The van der Waals surface area contributed by atoms with Crippen LogP contribution in [-0.2, 0) is 6.42 Å². The first-order chi connectivity index (χ1) is 7.04. The summed E-state index contributed by atoms with van der Waals surface area (Å²) in [6.45, 7) is 7.89. The van der Waals surface area contributed by atoms with Crippen LogP contribution in [0.1, 0.15) is 44.9 Å². The van der Waals surface area contributed by atoms with Crippen LogP contribution in [0.3, 0.4) is 0 Å². The summed E-state index contributed by atoms with van der Waals surface area (Å²) < 4.78 is 5.61. The Morgan fingerprint density at radius 3 is 2.40 bits per heavy atom. The van der Waals surface area contributed by atoms with Gasteiger partial charge in [-0.25, -0.2) is 0 Å². The smallest absolute Gasteiger partial charge is 0.119 e. The van der Waals surface area contributed by atoms with Crippen molar-refractivity contribution in [1.29, 1.82) is 0 Å². The average molecular weight is 208 g/mol. The highest BCUT2D eigenvalue weighted by Gasteiger charge is 2.08. The Balaban J connectivity index is 2.97. The molecule has 0 spiro atoms. The minimum Gasteiger partial charge on any atom is -0.491 e. The van der Waals surface area contributed by atoms with Gasteiger partial charge < -0.3 is 9.84 Å². The summed E-state index contributed by atoms with van der Waals surface area (Å²) in [6, 6.07) is 5.88. The van der Waals surface area contributed by atoms with Crippen molar-refractivity contribution in [2.45, 2.75) is 46.3 Å². The van der Waals surface area contributed by atoms with Crippen LogP contribution in [0.4, 0.5) is 0 Å². The van der Waals surface area contributed by atoms with Gasteiger partial charge in [-0.2, -0.15) is 0 Å². The van der Waals surface area contributed by atoms with Crippen molar-refractivity contribution in [3.8, 4) is 5.75 Å². The van der Waals surface area contributed by atoms with Crippen LogP contribution in [0.5, 0.6) is 5.75 Å². The van der Waals surface area contributed by atoms with Crippen molar-refractivity contribution in [3.05, 3.63) is 29.3 Å². The summed E-state index contributed by atoms with van der Waals surface area (Å²) in [5.74, 6) is 0.881. The van der Waals surface area contributed by atoms with E-state index in [1.807, 2.05) is 32.0 Å². The molecule has 2 nitrogen and oxygen atoms in total. The first kappa shape index (κ1) is 12.1. The molecule has 0 aromatic heterocycles. The van der Waals surface area contributed by atoms with Crippen LogP contribution in [0.25, 0.3) is 0 Å². The third-order valence-electron chi connectivity index (χ3n) is 2.32. The SMILES string of the molecule is CCc1cc(OC(C)C)ccc1C(C)O. The molecule has 0 radical (unpaired) electrons. The second-order valence-electron chi connectivity index (χ2n) is 4.06. The van der Waals surface area contributed by atoms with E-state index in [2.05, 4.69) is 6.92 Å². The second kappa shape index (κ2) is 5.17. The van der Waals surface area contributed by atoms with Gasteiger partial charge in [0.15, 0.2) is 0 Å². The van der Waals surface area contributed by atoms with Gasteiger partial charge in [0.2, 0.25) is 0 Å². The van der Waals surface area contributed by atoms with Gasteiger partial charge >= 0.3 is 0 Å². The van der Waals surface area contributed by atoms with Crippen LogP contribution in [-0.4, -0.2) is 11.2 Å². The molecule has 15 heavy (non-hydrogen) atoms. The van der Waals surface area contributed by atoms with Crippen LogP contribution in [0.15, 0.2) is 18.2 Å². The van der Waals surface area contributed by atoms with Crippen molar-refractivity contribution in [2.24, 2.45) is 0 Å². The van der Waals surface area contributed by atoms with Crippen LogP contribution in [0, 0.1) is 0 Å². The molecular formula is C13H20O2. The van der Waals surface area contributed by atoms with E-state index in [1.165, 1.54) is 0 Å². The van der Waals surface area contributed by atoms with E-state index in [0.29, 0.717) is 0 Å². The molecule has 0 saturated carbocycles. The van der Waals surface area contributed by atoms with E-state index in [-0.39, 0.29) is 6.10 Å². The van der Waals surface area contributed by atoms with Crippen molar-refractivity contribution in [1.82, 2.24) is 0 Å². The highest BCUT2D eigenvalue weighted by molar-refractivity contribution is 5.36. The maximum absolute atomic E-state index is 9.57. The molecule has 1 aromatic rings. The molecule has 1 N–H and O–H groups in total. The van der Waals surface area contributed by atoms with Crippen molar-refractivity contribution < 1.29 is 9.84 Å². The Kier molecular flexibility index (Phi) is 4.15. The number of aliphatic hydroxyl groups is 1. The van der Waals surface area contributed by atoms with Gasteiger partial charge in [-0.05, 0) is 50.5 Å². The first-order valence-corrected chi connectivity index (χ1v) is 5.52. The highest BCUT2D eigenvalue weighted by Crippen LogP contribution is 2.24. The molecule has 0 saturated heterocycles. The molecule has 1 unspecified atom stereocenters. The predicted octanol–water partition coefficient (Wildman–Crippen LogP) is 3.09. The van der Waals surface area contributed by atoms with E-state index in [9.17, 15) is 5.11 Å². The fourth-order valence-corrected chi connectivity index (χ4v) is 1.64. The van der Waals surface area contributed by atoms with Crippen molar-refractivity contribution in [2.75, 3.05) is 0 Å².